The maximum Gasteiger partial charge on any atom is 0.506 e. The van der Waals surface area contributed by atoms with Crippen LogP contribution in [0.25, 0.3) is 0 Å². The normalized spacial score (nSPS) is 26.8. The van der Waals surface area contributed by atoms with Gasteiger partial charge in [-0.15, -0.1) is 0 Å². The Kier molecular flexibility index (Phi) is 3.60. The molecular formula is C8H12O4. The van der Waals surface area contributed by atoms with E-state index < -0.39 is 6.16 Å². The molecule has 0 aromatic carbocycles. The van der Waals surface area contributed by atoms with E-state index in [0.717, 1.165) is 6.42 Å². The van der Waals surface area contributed by atoms with Crippen LogP contribution in [0, 0.1) is 0 Å². The molecule has 1 N–H and O–H groups in total. The number of hydrogen-bond acceptors (Lipinski definition) is 3. The predicted molar refractivity (Wildman–Crippen MR) is 42.1 cm³/mol. The Labute approximate surface area is 70.8 Å². The van der Waals surface area contributed by atoms with Gasteiger partial charge in [-0.05, 0) is 12.5 Å². The quantitative estimate of drug-likeness (QED) is 0.480. The van der Waals surface area contributed by atoms with Crippen molar-refractivity contribution in [1.29, 1.82) is 0 Å². The molecule has 12 heavy (non-hydrogen) atoms. The molecule has 0 bridgehead atoms. The van der Waals surface area contributed by atoms with Gasteiger partial charge in [0.25, 0.3) is 0 Å². The highest BCUT2D eigenvalue weighted by molar-refractivity contribution is 5.57. The van der Waals surface area contributed by atoms with E-state index in [9.17, 15) is 4.79 Å². The number of carbonyl (C=O) groups is 1. The molecule has 0 spiro atoms. The van der Waals surface area contributed by atoms with Crippen LogP contribution in [-0.4, -0.2) is 30.6 Å². The number of rotatable bonds is 1. The predicted octanol–water partition coefficient (Wildman–Crippen LogP) is 1.42. The van der Waals surface area contributed by atoms with E-state index in [-0.39, 0.29) is 6.10 Å². The van der Waals surface area contributed by atoms with E-state index in [0.29, 0.717) is 19.6 Å². The maximum atomic E-state index is 10.2. The van der Waals surface area contributed by atoms with Crippen molar-refractivity contribution >= 4 is 6.16 Å². The lowest BCUT2D eigenvalue weighted by molar-refractivity contribution is 0.0454. The van der Waals surface area contributed by atoms with E-state index in [2.05, 4.69) is 4.74 Å². The van der Waals surface area contributed by atoms with E-state index in [1.807, 2.05) is 6.08 Å². The molecule has 0 radical (unpaired) electrons. The number of ether oxygens (including phenoxy) is 2. The molecule has 4 nitrogen and oxygen atoms in total. The van der Waals surface area contributed by atoms with Crippen LogP contribution in [0.5, 0.6) is 0 Å². The van der Waals surface area contributed by atoms with E-state index in [4.69, 9.17) is 9.84 Å². The second kappa shape index (κ2) is 4.77. The van der Waals surface area contributed by atoms with Crippen molar-refractivity contribution in [3.8, 4) is 0 Å². The van der Waals surface area contributed by atoms with Gasteiger partial charge in [0.15, 0.2) is 0 Å². The van der Waals surface area contributed by atoms with Crippen LogP contribution in [0.15, 0.2) is 12.2 Å². The summed E-state index contributed by atoms with van der Waals surface area (Å²) in [4.78, 5) is 10.2. The molecular weight excluding hydrogens is 160 g/mol. The largest absolute Gasteiger partial charge is 0.506 e. The van der Waals surface area contributed by atoms with Crippen molar-refractivity contribution in [2.45, 2.75) is 18.9 Å². The molecule has 1 rings (SSSR count). The summed E-state index contributed by atoms with van der Waals surface area (Å²) in [5.41, 5.74) is 0. The number of hydrogen-bond donors (Lipinski definition) is 1. The second-order valence-corrected chi connectivity index (χ2v) is 2.54. The zero-order chi connectivity index (χ0) is 8.81. The summed E-state index contributed by atoms with van der Waals surface area (Å²) in [6.07, 6.45) is 3.50. The van der Waals surface area contributed by atoms with Crippen molar-refractivity contribution in [2.24, 2.45) is 0 Å². The standard InChI is InChI=1S/C8H12O4/c9-8(10)12-7-3-1-2-5-11-6-4-7/h1,3,7H,2,4-6H2,(H,9,10)/b3-1+. The molecule has 0 amide bonds. The SMILES string of the molecule is O=C(O)OC1/C=C/CCOCC1. The Morgan fingerprint density at radius 1 is 1.58 bits per heavy atom. The highest BCUT2D eigenvalue weighted by Crippen LogP contribution is 2.05. The van der Waals surface area contributed by atoms with Gasteiger partial charge in [0.2, 0.25) is 0 Å². The van der Waals surface area contributed by atoms with Crippen LogP contribution in [0.4, 0.5) is 4.79 Å². The molecule has 4 heteroatoms. The first-order valence-corrected chi connectivity index (χ1v) is 3.93. The lowest BCUT2D eigenvalue weighted by atomic mass is 10.2. The molecule has 1 heterocycles. The second-order valence-electron chi connectivity index (χ2n) is 2.54. The van der Waals surface area contributed by atoms with E-state index in [1.165, 1.54) is 0 Å². The fourth-order valence-electron chi connectivity index (χ4n) is 1.02. The summed E-state index contributed by atoms with van der Waals surface area (Å²) in [7, 11) is 0. The van der Waals surface area contributed by atoms with Gasteiger partial charge in [0.05, 0.1) is 13.2 Å². The Hall–Kier alpha value is -1.03. The molecule has 0 aliphatic carbocycles. The topological polar surface area (TPSA) is 55.8 Å². The molecule has 1 atom stereocenters. The van der Waals surface area contributed by atoms with Gasteiger partial charge in [0, 0.05) is 6.42 Å². The van der Waals surface area contributed by atoms with Gasteiger partial charge < -0.3 is 14.6 Å². The molecule has 0 saturated heterocycles. The van der Waals surface area contributed by atoms with Gasteiger partial charge in [0.1, 0.15) is 6.10 Å². The lowest BCUT2D eigenvalue weighted by Crippen LogP contribution is -2.18. The summed E-state index contributed by atoms with van der Waals surface area (Å²) < 4.78 is 9.74. The minimum atomic E-state index is -1.23. The molecule has 0 fully saturated rings. The van der Waals surface area contributed by atoms with Crippen LogP contribution < -0.4 is 0 Å². The highest BCUT2D eigenvalue weighted by Gasteiger charge is 2.10. The summed E-state index contributed by atoms with van der Waals surface area (Å²) >= 11 is 0. The maximum absolute atomic E-state index is 10.2. The fraction of sp³-hybridized carbons (Fsp3) is 0.625. The van der Waals surface area contributed by atoms with Gasteiger partial charge >= 0.3 is 6.16 Å². The summed E-state index contributed by atoms with van der Waals surface area (Å²) in [6, 6.07) is 0. The molecule has 68 valence electrons. The van der Waals surface area contributed by atoms with Gasteiger partial charge in [-0.2, -0.15) is 0 Å². The molecule has 0 aromatic rings. The fourth-order valence-corrected chi connectivity index (χ4v) is 1.02. The Balaban J connectivity index is 2.38. The van der Waals surface area contributed by atoms with Gasteiger partial charge in [-0.25, -0.2) is 4.79 Å². The zero-order valence-electron chi connectivity index (χ0n) is 6.73. The Morgan fingerprint density at radius 2 is 2.42 bits per heavy atom. The third-order valence-electron chi connectivity index (χ3n) is 1.58. The highest BCUT2D eigenvalue weighted by atomic mass is 16.7. The number of carboxylic acid groups (broad SMARTS) is 1. The van der Waals surface area contributed by atoms with Crippen molar-refractivity contribution < 1.29 is 19.4 Å². The van der Waals surface area contributed by atoms with Crippen molar-refractivity contribution in [2.75, 3.05) is 13.2 Å². The van der Waals surface area contributed by atoms with Crippen LogP contribution in [0.1, 0.15) is 12.8 Å². The molecule has 0 saturated carbocycles. The molecule has 1 aliphatic heterocycles. The van der Waals surface area contributed by atoms with Crippen LogP contribution in [-0.2, 0) is 9.47 Å². The molecule has 0 aromatic heterocycles. The van der Waals surface area contributed by atoms with E-state index in [1.54, 1.807) is 6.08 Å². The van der Waals surface area contributed by atoms with Crippen molar-refractivity contribution in [3.63, 3.8) is 0 Å². The van der Waals surface area contributed by atoms with Crippen LogP contribution >= 0.6 is 0 Å². The van der Waals surface area contributed by atoms with Crippen molar-refractivity contribution in [1.82, 2.24) is 0 Å². The van der Waals surface area contributed by atoms with Crippen molar-refractivity contribution in [3.05, 3.63) is 12.2 Å². The first-order chi connectivity index (χ1) is 5.79. The summed E-state index contributed by atoms with van der Waals surface area (Å²) in [5.74, 6) is 0. The molecule has 1 unspecified atom stereocenters. The Morgan fingerprint density at radius 3 is 3.17 bits per heavy atom. The minimum absolute atomic E-state index is 0.345. The van der Waals surface area contributed by atoms with E-state index >= 15 is 0 Å². The van der Waals surface area contributed by atoms with Gasteiger partial charge in [-0.3, -0.25) is 0 Å². The third kappa shape index (κ3) is 3.39. The minimum Gasteiger partial charge on any atom is -0.450 e. The molecule has 1 aliphatic rings. The first kappa shape index (κ1) is 9.06. The zero-order valence-corrected chi connectivity index (χ0v) is 6.73. The average molecular weight is 172 g/mol. The first-order valence-electron chi connectivity index (χ1n) is 3.93. The smallest absolute Gasteiger partial charge is 0.450 e. The third-order valence-corrected chi connectivity index (χ3v) is 1.58. The van der Waals surface area contributed by atoms with Crippen LogP contribution in [0.2, 0.25) is 0 Å². The lowest BCUT2D eigenvalue weighted by Gasteiger charge is -2.13. The monoisotopic (exact) mass is 172 g/mol. The summed E-state index contributed by atoms with van der Waals surface area (Å²) in [6.45, 7) is 1.26. The average Bonchev–Trinajstić information content (AvgIpc) is 1.93. The Bertz CT molecular complexity index is 176. The van der Waals surface area contributed by atoms with Gasteiger partial charge in [-0.1, -0.05) is 6.08 Å². The van der Waals surface area contributed by atoms with Crippen LogP contribution in [0.3, 0.4) is 0 Å². The summed E-state index contributed by atoms with van der Waals surface area (Å²) in [5, 5.41) is 8.33.